The summed E-state index contributed by atoms with van der Waals surface area (Å²) in [7, 11) is 0. The molecular weight excluding hydrogens is 350 g/mol. The normalized spacial score (nSPS) is 12.1. The molecule has 6 nitrogen and oxygen atoms in total. The molecule has 0 spiro atoms. The monoisotopic (exact) mass is 365 g/mol. The Morgan fingerprint density at radius 3 is 2.77 bits per heavy atom. The molecule has 0 bridgehead atoms. The molecule has 0 aliphatic rings. The zero-order valence-electron chi connectivity index (χ0n) is 14.1. The zero-order valence-corrected chi connectivity index (χ0v) is 14.9. The Labute approximate surface area is 150 Å². The van der Waals surface area contributed by atoms with E-state index < -0.39 is 0 Å². The van der Waals surface area contributed by atoms with E-state index in [0.717, 1.165) is 27.0 Å². The average Bonchev–Trinajstić information content (AvgIpc) is 3.30. The van der Waals surface area contributed by atoms with Crippen molar-refractivity contribution in [3.05, 3.63) is 56.3 Å². The first-order valence-corrected chi connectivity index (χ1v) is 9.19. The summed E-state index contributed by atoms with van der Waals surface area (Å²) < 4.78 is 7.86. The van der Waals surface area contributed by atoms with Crippen molar-refractivity contribution in [2.45, 2.75) is 19.9 Å². The second-order valence-electron chi connectivity index (χ2n) is 6.57. The molecule has 7 heteroatoms. The second kappa shape index (κ2) is 5.22. The quantitative estimate of drug-likeness (QED) is 0.491. The van der Waals surface area contributed by atoms with Gasteiger partial charge >= 0.3 is 0 Å². The van der Waals surface area contributed by atoms with E-state index in [1.165, 1.54) is 12.1 Å². The van der Waals surface area contributed by atoms with Crippen LogP contribution in [0.4, 0.5) is 0 Å². The second-order valence-corrected chi connectivity index (χ2v) is 7.52. The van der Waals surface area contributed by atoms with Gasteiger partial charge in [0.1, 0.15) is 11.2 Å². The topological polar surface area (TPSA) is 83.8 Å². The van der Waals surface area contributed by atoms with Gasteiger partial charge in [0.25, 0.3) is 5.56 Å². The summed E-state index contributed by atoms with van der Waals surface area (Å²) >= 11 is 1.55. The molecule has 0 aliphatic carbocycles. The van der Waals surface area contributed by atoms with Crippen molar-refractivity contribution in [3.8, 4) is 10.4 Å². The number of benzene rings is 1. The van der Waals surface area contributed by atoms with Crippen LogP contribution in [0.1, 0.15) is 19.9 Å². The first kappa shape index (κ1) is 15.2. The summed E-state index contributed by atoms with van der Waals surface area (Å²) in [5.74, 6) is 0. The molecular formula is C19H15N3O3S. The molecule has 4 aromatic heterocycles. The minimum Gasteiger partial charge on any atom is -0.454 e. The van der Waals surface area contributed by atoms with Crippen LogP contribution in [-0.2, 0) is 0 Å². The fraction of sp³-hybridized carbons (Fsp3) is 0.158. The molecule has 26 heavy (non-hydrogen) atoms. The van der Waals surface area contributed by atoms with Crippen LogP contribution in [-0.4, -0.2) is 14.8 Å². The molecule has 2 N–H and O–H groups in total. The van der Waals surface area contributed by atoms with Crippen molar-refractivity contribution in [2.24, 2.45) is 0 Å². The van der Waals surface area contributed by atoms with E-state index in [9.17, 15) is 9.59 Å². The van der Waals surface area contributed by atoms with E-state index >= 15 is 0 Å². The van der Waals surface area contributed by atoms with E-state index in [2.05, 4.69) is 10.1 Å². The molecule has 5 aromatic rings. The van der Waals surface area contributed by atoms with Gasteiger partial charge in [-0.1, -0.05) is 6.07 Å². The molecule has 0 saturated carbocycles. The maximum absolute atomic E-state index is 12.7. The summed E-state index contributed by atoms with van der Waals surface area (Å²) in [6, 6.07) is 8.75. The van der Waals surface area contributed by atoms with Crippen LogP contribution in [0.25, 0.3) is 43.5 Å². The molecule has 0 saturated heterocycles. The predicted octanol–water partition coefficient (Wildman–Crippen LogP) is 4.23. The number of nitrogens with zero attached hydrogens (tertiary/aromatic N) is 1. The minimum absolute atomic E-state index is 0.0801. The summed E-state index contributed by atoms with van der Waals surface area (Å²) in [5, 5.41) is 6.27. The zero-order chi connectivity index (χ0) is 18.0. The van der Waals surface area contributed by atoms with Crippen LogP contribution in [0.5, 0.6) is 0 Å². The summed E-state index contributed by atoms with van der Waals surface area (Å²) in [4.78, 5) is 28.8. The van der Waals surface area contributed by atoms with Crippen molar-refractivity contribution in [1.82, 2.24) is 14.8 Å². The number of hydrogen-bond donors (Lipinski definition) is 2. The lowest BCUT2D eigenvalue weighted by Crippen LogP contribution is -2.07. The van der Waals surface area contributed by atoms with Gasteiger partial charge in [-0.15, -0.1) is 11.3 Å². The number of furan rings is 1. The highest BCUT2D eigenvalue weighted by Crippen LogP contribution is 2.39. The average molecular weight is 365 g/mol. The Hall–Kier alpha value is -3.06. The lowest BCUT2D eigenvalue weighted by atomic mass is 10.1. The van der Waals surface area contributed by atoms with E-state index in [1.54, 1.807) is 17.4 Å². The van der Waals surface area contributed by atoms with Gasteiger partial charge in [-0.3, -0.25) is 19.4 Å². The number of H-pyrrole nitrogens is 2. The van der Waals surface area contributed by atoms with Crippen LogP contribution in [0.3, 0.4) is 0 Å². The number of pyridine rings is 1. The van der Waals surface area contributed by atoms with Crippen molar-refractivity contribution < 1.29 is 4.42 Å². The van der Waals surface area contributed by atoms with E-state index in [4.69, 9.17) is 4.42 Å². The number of rotatable bonds is 2. The number of nitrogens with one attached hydrogen (secondary N) is 2. The van der Waals surface area contributed by atoms with Crippen LogP contribution in [0.2, 0.25) is 0 Å². The number of hydrogen-bond acceptors (Lipinski definition) is 4. The van der Waals surface area contributed by atoms with Gasteiger partial charge in [0, 0.05) is 22.4 Å². The lowest BCUT2D eigenvalue weighted by molar-refractivity contribution is 0.542. The predicted molar refractivity (Wildman–Crippen MR) is 104 cm³/mol. The van der Waals surface area contributed by atoms with Crippen molar-refractivity contribution in [3.63, 3.8) is 0 Å². The number of fused-ring (bicyclic) bond motifs is 4. The van der Waals surface area contributed by atoms with Crippen molar-refractivity contribution in [1.29, 1.82) is 0 Å². The minimum atomic E-state index is -0.166. The molecule has 0 unspecified atom stereocenters. The van der Waals surface area contributed by atoms with Crippen LogP contribution < -0.4 is 11.0 Å². The van der Waals surface area contributed by atoms with Gasteiger partial charge in [0.2, 0.25) is 0 Å². The van der Waals surface area contributed by atoms with Gasteiger partial charge in [-0.2, -0.15) is 0 Å². The summed E-state index contributed by atoms with van der Waals surface area (Å²) in [6.07, 6.45) is 0. The fourth-order valence-corrected chi connectivity index (χ4v) is 4.23. The molecule has 0 radical (unpaired) electrons. The van der Waals surface area contributed by atoms with E-state index in [-0.39, 0.29) is 17.0 Å². The van der Waals surface area contributed by atoms with Crippen molar-refractivity contribution in [2.75, 3.05) is 0 Å². The molecule has 0 fully saturated rings. The first-order chi connectivity index (χ1) is 12.5. The first-order valence-electron chi connectivity index (χ1n) is 8.31. The highest BCUT2D eigenvalue weighted by molar-refractivity contribution is 7.13. The highest BCUT2D eigenvalue weighted by atomic mass is 32.1. The lowest BCUT2D eigenvalue weighted by Gasteiger charge is -2.09. The van der Waals surface area contributed by atoms with Crippen molar-refractivity contribution >= 4 is 44.4 Å². The Kier molecular flexibility index (Phi) is 3.05. The molecule has 0 aliphatic heterocycles. The van der Waals surface area contributed by atoms with Gasteiger partial charge < -0.3 is 9.40 Å². The van der Waals surface area contributed by atoms with E-state index in [1.807, 2.05) is 36.0 Å². The maximum atomic E-state index is 12.7. The Balaban J connectivity index is 2.09. The van der Waals surface area contributed by atoms with Crippen LogP contribution in [0, 0.1) is 0 Å². The van der Waals surface area contributed by atoms with E-state index in [0.29, 0.717) is 16.6 Å². The fourth-order valence-electron chi connectivity index (χ4n) is 3.46. The Bertz CT molecular complexity index is 1400. The number of aromatic nitrogens is 3. The molecule has 130 valence electrons. The standard InChI is InChI=1S/C19H15N3O3S/c1-9(2)22-18-15(19(24)21-22)14(13-4-3-7-26-13)17-16(20-18)11-6-5-10(23)8-12(11)25-17/h3-9,20H,1-2H3,(H,21,24). The van der Waals surface area contributed by atoms with Gasteiger partial charge in [0.15, 0.2) is 11.0 Å². The molecule has 5 rings (SSSR count). The molecule has 1 aromatic carbocycles. The molecule has 0 atom stereocenters. The Morgan fingerprint density at radius 1 is 1.19 bits per heavy atom. The smallest absolute Gasteiger partial charge is 0.274 e. The maximum Gasteiger partial charge on any atom is 0.274 e. The summed E-state index contributed by atoms with van der Waals surface area (Å²) in [6.45, 7) is 4.02. The number of thiophene rings is 1. The largest absolute Gasteiger partial charge is 0.454 e. The third kappa shape index (κ3) is 1.97. The third-order valence-electron chi connectivity index (χ3n) is 4.59. The van der Waals surface area contributed by atoms with Gasteiger partial charge in [-0.05, 0) is 37.4 Å². The molecule has 0 amide bonds. The SMILES string of the molecule is CC(C)n1[nH]c(=O)c2c(-c3cccs3)c3oc4cc(=O)ccc4c3[nH]c21. The number of aromatic amines is 2. The third-order valence-corrected chi connectivity index (χ3v) is 5.48. The van der Waals surface area contributed by atoms with Crippen LogP contribution in [0.15, 0.2) is 49.7 Å². The highest BCUT2D eigenvalue weighted by Gasteiger charge is 2.22. The van der Waals surface area contributed by atoms with Gasteiger partial charge in [-0.25, -0.2) is 0 Å². The Morgan fingerprint density at radius 2 is 2.04 bits per heavy atom. The molecule has 4 heterocycles. The van der Waals surface area contributed by atoms with Crippen LogP contribution >= 0.6 is 11.3 Å². The van der Waals surface area contributed by atoms with Gasteiger partial charge in [0.05, 0.1) is 16.5 Å². The summed E-state index contributed by atoms with van der Waals surface area (Å²) in [5.41, 5.74) is 3.09.